The van der Waals surface area contributed by atoms with Gasteiger partial charge >= 0.3 is 7.82 Å². The Bertz CT molecular complexity index is 590. The Balaban J connectivity index is 2.12. The molecule has 1 aliphatic heterocycles. The van der Waals surface area contributed by atoms with Crippen LogP contribution >= 0.6 is 7.82 Å². The van der Waals surface area contributed by atoms with Gasteiger partial charge in [-0.15, -0.1) is 0 Å². The molecule has 136 valence electrons. The first-order chi connectivity index (χ1) is 11.2. The van der Waals surface area contributed by atoms with Crippen LogP contribution in [0.15, 0.2) is 24.3 Å². The molecule has 0 amide bonds. The molecule has 0 unspecified atom stereocenters. The van der Waals surface area contributed by atoms with E-state index in [0.29, 0.717) is 5.56 Å². The Morgan fingerprint density at radius 3 is 2.38 bits per heavy atom. The number of aliphatic hydroxyl groups is 4. The summed E-state index contributed by atoms with van der Waals surface area (Å²) in [6.07, 6.45) is -7.74. The third-order valence-electron chi connectivity index (χ3n) is 3.46. The number of hydrogen-bond acceptors (Lipinski definition) is 8. The van der Waals surface area contributed by atoms with E-state index in [1.54, 1.807) is 18.2 Å². The molecule has 1 aliphatic rings. The smallest absolute Gasteiger partial charge is 0.462 e. The van der Waals surface area contributed by atoms with Crippen molar-refractivity contribution in [3.8, 4) is 5.75 Å². The van der Waals surface area contributed by atoms with Crippen molar-refractivity contribution in [3.05, 3.63) is 29.8 Å². The van der Waals surface area contributed by atoms with Crippen molar-refractivity contribution >= 4 is 7.82 Å². The number of hydrogen-bond donors (Lipinski definition) is 6. The fraction of sp³-hybridized carbons (Fsp3) is 0.538. The van der Waals surface area contributed by atoms with E-state index in [1.165, 1.54) is 6.07 Å². The van der Waals surface area contributed by atoms with Crippen molar-refractivity contribution in [2.75, 3.05) is 6.61 Å². The van der Waals surface area contributed by atoms with E-state index in [1.807, 2.05) is 0 Å². The molecule has 1 heterocycles. The van der Waals surface area contributed by atoms with Gasteiger partial charge in [0.25, 0.3) is 0 Å². The molecule has 11 heteroatoms. The van der Waals surface area contributed by atoms with Gasteiger partial charge in [0.05, 0.1) is 13.2 Å². The van der Waals surface area contributed by atoms with Gasteiger partial charge in [0.2, 0.25) is 6.29 Å². The first kappa shape index (κ1) is 19.3. The molecule has 1 aromatic rings. The van der Waals surface area contributed by atoms with Gasteiger partial charge in [-0.25, -0.2) is 4.57 Å². The first-order valence-electron chi connectivity index (χ1n) is 6.98. The van der Waals surface area contributed by atoms with E-state index in [9.17, 15) is 25.0 Å². The zero-order valence-electron chi connectivity index (χ0n) is 12.4. The molecular formula is C13H19O10P. The lowest BCUT2D eigenvalue weighted by Gasteiger charge is -2.40. The number of phosphoric ester groups is 1. The third-order valence-corrected chi connectivity index (χ3v) is 3.95. The van der Waals surface area contributed by atoms with Crippen LogP contribution in [0.2, 0.25) is 0 Å². The quantitative estimate of drug-likeness (QED) is 0.325. The molecule has 1 fully saturated rings. The van der Waals surface area contributed by atoms with Crippen LogP contribution in [0.4, 0.5) is 0 Å². The number of phosphoric acid groups is 1. The lowest BCUT2D eigenvalue weighted by molar-refractivity contribution is -0.276. The molecule has 2 rings (SSSR count). The molecular weight excluding hydrogens is 347 g/mol. The second-order valence-corrected chi connectivity index (χ2v) is 6.42. The fourth-order valence-electron chi connectivity index (χ4n) is 2.20. The number of aliphatic hydroxyl groups excluding tert-OH is 4. The summed E-state index contributed by atoms with van der Waals surface area (Å²) < 4.78 is 25.7. The van der Waals surface area contributed by atoms with Crippen LogP contribution in [0.3, 0.4) is 0 Å². The highest BCUT2D eigenvalue weighted by molar-refractivity contribution is 7.46. The highest BCUT2D eigenvalue weighted by atomic mass is 31.2. The lowest BCUT2D eigenvalue weighted by atomic mass is 9.99. The third kappa shape index (κ3) is 4.73. The van der Waals surface area contributed by atoms with Gasteiger partial charge in [0, 0.05) is 5.56 Å². The molecule has 5 atom stereocenters. The number of benzene rings is 1. The average molecular weight is 366 g/mol. The molecule has 0 bridgehead atoms. The summed E-state index contributed by atoms with van der Waals surface area (Å²) in [5.74, 6) is 0.183. The van der Waals surface area contributed by atoms with Crippen molar-refractivity contribution in [1.82, 2.24) is 0 Å². The Morgan fingerprint density at radius 1 is 1.08 bits per heavy atom. The molecule has 24 heavy (non-hydrogen) atoms. The van der Waals surface area contributed by atoms with E-state index in [0.717, 1.165) is 0 Å². The molecule has 6 N–H and O–H groups in total. The van der Waals surface area contributed by atoms with E-state index in [2.05, 4.69) is 4.52 Å². The largest absolute Gasteiger partial charge is 0.469 e. The number of rotatable bonds is 6. The summed E-state index contributed by atoms with van der Waals surface area (Å²) >= 11 is 0. The van der Waals surface area contributed by atoms with E-state index >= 15 is 0 Å². The van der Waals surface area contributed by atoms with Crippen molar-refractivity contribution in [3.63, 3.8) is 0 Å². The van der Waals surface area contributed by atoms with Crippen LogP contribution in [0, 0.1) is 0 Å². The fourth-order valence-corrected chi connectivity index (χ4v) is 2.54. The van der Waals surface area contributed by atoms with Crippen LogP contribution in [0.1, 0.15) is 5.56 Å². The van der Waals surface area contributed by atoms with Gasteiger partial charge in [-0.3, -0.25) is 4.52 Å². The predicted molar refractivity (Wildman–Crippen MR) is 77.7 cm³/mol. The zero-order chi connectivity index (χ0) is 17.9. The molecule has 1 aromatic carbocycles. The van der Waals surface area contributed by atoms with Gasteiger partial charge in [-0.2, -0.15) is 0 Å². The highest BCUT2D eigenvalue weighted by Gasteiger charge is 2.45. The van der Waals surface area contributed by atoms with Crippen molar-refractivity contribution in [1.29, 1.82) is 0 Å². The zero-order valence-corrected chi connectivity index (χ0v) is 13.3. The lowest BCUT2D eigenvalue weighted by Crippen LogP contribution is -2.60. The minimum Gasteiger partial charge on any atom is -0.462 e. The molecule has 0 radical (unpaired) electrons. The Kier molecular flexibility index (Phi) is 6.32. The van der Waals surface area contributed by atoms with Gasteiger partial charge in [0.15, 0.2) is 0 Å². The maximum atomic E-state index is 10.7. The van der Waals surface area contributed by atoms with Crippen LogP contribution in [0.25, 0.3) is 0 Å². The highest BCUT2D eigenvalue weighted by Crippen LogP contribution is 2.37. The van der Waals surface area contributed by atoms with E-state index in [4.69, 9.17) is 19.3 Å². The average Bonchev–Trinajstić information content (AvgIpc) is 2.54. The molecule has 1 saturated heterocycles. The second kappa shape index (κ2) is 7.87. The maximum Gasteiger partial charge on any atom is 0.469 e. The van der Waals surface area contributed by atoms with Gasteiger partial charge in [-0.05, 0) is 6.07 Å². The number of ether oxygens (including phenoxy) is 2. The van der Waals surface area contributed by atoms with Gasteiger partial charge in [0.1, 0.15) is 30.2 Å². The molecule has 0 aromatic heterocycles. The van der Waals surface area contributed by atoms with E-state index < -0.39 is 45.1 Å². The summed E-state index contributed by atoms with van der Waals surface area (Å²) in [4.78, 5) is 17.4. The van der Waals surface area contributed by atoms with Crippen LogP contribution in [0.5, 0.6) is 5.75 Å². The number of para-hydroxylation sites is 1. The predicted octanol–water partition coefficient (Wildman–Crippen LogP) is -1.53. The van der Waals surface area contributed by atoms with Crippen LogP contribution in [-0.4, -0.2) is 67.5 Å². The minimum absolute atomic E-state index is 0.183. The monoisotopic (exact) mass is 366 g/mol. The van der Waals surface area contributed by atoms with Crippen LogP contribution in [-0.2, 0) is 20.4 Å². The van der Waals surface area contributed by atoms with Crippen molar-refractivity contribution in [2.45, 2.75) is 37.3 Å². The first-order valence-corrected chi connectivity index (χ1v) is 8.51. The summed E-state index contributed by atoms with van der Waals surface area (Å²) in [6.45, 7) is -1.06. The Morgan fingerprint density at radius 2 is 1.75 bits per heavy atom. The maximum absolute atomic E-state index is 10.7. The minimum atomic E-state index is -4.80. The summed E-state index contributed by atoms with van der Waals surface area (Å²) in [5, 5.41) is 38.9. The van der Waals surface area contributed by atoms with Crippen molar-refractivity contribution in [2.24, 2.45) is 0 Å². The molecule has 10 nitrogen and oxygen atoms in total. The SMILES string of the molecule is O=P(O)(O)OC[C@H]1O[C@@H](Oc2ccccc2CO)[C@H](O)[C@@H](O)[C@@H]1O. The molecule has 0 saturated carbocycles. The van der Waals surface area contributed by atoms with Gasteiger partial charge in [-0.1, -0.05) is 18.2 Å². The second-order valence-electron chi connectivity index (χ2n) is 5.18. The molecule has 0 aliphatic carbocycles. The normalized spacial score (nSPS) is 31.0. The van der Waals surface area contributed by atoms with Gasteiger partial charge < -0.3 is 39.7 Å². The Labute approximate surface area is 137 Å². The Hall–Kier alpha value is -1.07. The van der Waals surface area contributed by atoms with Crippen LogP contribution < -0.4 is 4.74 Å². The standard InChI is InChI=1S/C13H19O10P/c14-5-7-3-1-2-4-8(7)22-13-12(17)11(16)10(15)9(23-13)6-21-24(18,19)20/h1-4,9-17H,5-6H2,(H2,18,19,20)/t9-,10-,11+,12-,13-/m1/s1. The van der Waals surface area contributed by atoms with E-state index in [-0.39, 0.29) is 12.4 Å². The summed E-state index contributed by atoms with van der Waals surface area (Å²) in [6, 6.07) is 6.35. The summed E-state index contributed by atoms with van der Waals surface area (Å²) in [5.41, 5.74) is 0.400. The van der Waals surface area contributed by atoms with Crippen molar-refractivity contribution < 1.29 is 48.8 Å². The summed E-state index contributed by atoms with van der Waals surface area (Å²) in [7, 11) is -4.80. The molecule has 0 spiro atoms. The topological polar surface area (TPSA) is 166 Å².